The molecule has 2 heterocycles. The molecule has 8 nitrogen and oxygen atoms in total. The van der Waals surface area contributed by atoms with Gasteiger partial charge in [0.05, 0.1) is 5.69 Å². The third kappa shape index (κ3) is 3.00. The van der Waals surface area contributed by atoms with Gasteiger partial charge in [-0.15, -0.1) is 0 Å². The quantitative estimate of drug-likeness (QED) is 0.886. The van der Waals surface area contributed by atoms with Crippen LogP contribution < -0.4 is 0 Å². The van der Waals surface area contributed by atoms with E-state index in [0.29, 0.717) is 6.54 Å². The Morgan fingerprint density at radius 1 is 1.32 bits per heavy atom. The fraction of sp³-hybridized carbons (Fsp3) is 0.429. The standard InChI is InChI=1S/C14H19N5O3/c1-5-19-7-10(9(2)15-19)6-17(3)13(20)12-11(14(21)22)8-18(4)16-12/h7-8H,5-6H2,1-4H3,(H,21,22). The molecule has 2 aromatic rings. The van der Waals surface area contributed by atoms with Crippen molar-refractivity contribution in [2.75, 3.05) is 7.05 Å². The summed E-state index contributed by atoms with van der Waals surface area (Å²) < 4.78 is 3.12. The van der Waals surface area contributed by atoms with Crippen molar-refractivity contribution in [3.63, 3.8) is 0 Å². The summed E-state index contributed by atoms with van der Waals surface area (Å²) in [4.78, 5) is 25.1. The van der Waals surface area contributed by atoms with Gasteiger partial charge in [-0.25, -0.2) is 4.79 Å². The van der Waals surface area contributed by atoms with Gasteiger partial charge in [-0.2, -0.15) is 10.2 Å². The first-order valence-electron chi connectivity index (χ1n) is 6.88. The average molecular weight is 305 g/mol. The van der Waals surface area contributed by atoms with E-state index in [-0.39, 0.29) is 11.3 Å². The Hall–Kier alpha value is -2.64. The monoisotopic (exact) mass is 305 g/mol. The largest absolute Gasteiger partial charge is 0.478 e. The number of hydrogen-bond acceptors (Lipinski definition) is 4. The summed E-state index contributed by atoms with van der Waals surface area (Å²) in [5.74, 6) is -1.60. The predicted molar refractivity (Wildman–Crippen MR) is 78.6 cm³/mol. The van der Waals surface area contributed by atoms with Crippen LogP contribution in [0.1, 0.15) is 39.0 Å². The Labute approximate surface area is 127 Å². The maximum atomic E-state index is 12.4. The second kappa shape index (κ2) is 6.00. The van der Waals surface area contributed by atoms with E-state index < -0.39 is 11.9 Å². The van der Waals surface area contributed by atoms with Crippen molar-refractivity contribution >= 4 is 11.9 Å². The van der Waals surface area contributed by atoms with Crippen molar-refractivity contribution < 1.29 is 14.7 Å². The summed E-state index contributed by atoms with van der Waals surface area (Å²) in [6.07, 6.45) is 3.21. The zero-order valence-corrected chi connectivity index (χ0v) is 13.1. The minimum atomic E-state index is -1.17. The van der Waals surface area contributed by atoms with Gasteiger partial charge in [-0.05, 0) is 13.8 Å². The lowest BCUT2D eigenvalue weighted by Crippen LogP contribution is -2.28. The molecule has 0 aliphatic heterocycles. The van der Waals surface area contributed by atoms with Crippen molar-refractivity contribution in [2.24, 2.45) is 7.05 Å². The molecule has 0 bridgehead atoms. The number of aryl methyl sites for hydroxylation is 3. The number of hydrogen-bond donors (Lipinski definition) is 1. The van der Waals surface area contributed by atoms with Crippen LogP contribution in [0.2, 0.25) is 0 Å². The Balaban J connectivity index is 2.22. The normalized spacial score (nSPS) is 10.7. The summed E-state index contributed by atoms with van der Waals surface area (Å²) in [6, 6.07) is 0. The molecule has 0 aliphatic rings. The van der Waals surface area contributed by atoms with Crippen LogP contribution in [0, 0.1) is 6.92 Å². The molecule has 0 fully saturated rings. The number of amides is 1. The number of aromatic nitrogens is 4. The number of carbonyl (C=O) groups excluding carboxylic acids is 1. The molecule has 0 atom stereocenters. The minimum absolute atomic E-state index is 0.0574. The van der Waals surface area contributed by atoms with E-state index in [1.54, 1.807) is 18.8 Å². The first-order valence-corrected chi connectivity index (χ1v) is 6.88. The molecule has 1 N–H and O–H groups in total. The highest BCUT2D eigenvalue weighted by Gasteiger charge is 2.24. The van der Waals surface area contributed by atoms with Crippen molar-refractivity contribution in [3.8, 4) is 0 Å². The third-order valence-corrected chi connectivity index (χ3v) is 3.39. The van der Waals surface area contributed by atoms with Crippen LogP contribution in [0.15, 0.2) is 12.4 Å². The lowest BCUT2D eigenvalue weighted by molar-refractivity contribution is 0.0679. The van der Waals surface area contributed by atoms with E-state index in [9.17, 15) is 9.59 Å². The van der Waals surface area contributed by atoms with E-state index in [0.717, 1.165) is 17.8 Å². The first-order chi connectivity index (χ1) is 10.3. The van der Waals surface area contributed by atoms with Crippen LogP contribution in [0.25, 0.3) is 0 Å². The van der Waals surface area contributed by atoms with Crippen LogP contribution in [0.3, 0.4) is 0 Å². The van der Waals surface area contributed by atoms with Crippen LogP contribution in [0.5, 0.6) is 0 Å². The van der Waals surface area contributed by atoms with E-state index in [2.05, 4.69) is 10.2 Å². The van der Waals surface area contributed by atoms with Gasteiger partial charge >= 0.3 is 5.97 Å². The molecule has 118 valence electrons. The van der Waals surface area contributed by atoms with Gasteiger partial charge in [-0.1, -0.05) is 0 Å². The lowest BCUT2D eigenvalue weighted by atomic mass is 10.2. The second-order valence-corrected chi connectivity index (χ2v) is 5.13. The molecule has 8 heteroatoms. The van der Waals surface area contributed by atoms with Gasteiger partial charge in [0.25, 0.3) is 5.91 Å². The van der Waals surface area contributed by atoms with Crippen molar-refractivity contribution in [1.29, 1.82) is 0 Å². The van der Waals surface area contributed by atoms with Gasteiger partial charge in [0.2, 0.25) is 0 Å². The molecule has 0 radical (unpaired) electrons. The van der Waals surface area contributed by atoms with Gasteiger partial charge in [0.15, 0.2) is 5.69 Å². The summed E-state index contributed by atoms with van der Waals surface area (Å²) >= 11 is 0. The highest BCUT2D eigenvalue weighted by molar-refractivity contribution is 6.03. The number of nitrogens with zero attached hydrogens (tertiary/aromatic N) is 5. The number of aromatic carboxylic acids is 1. The van der Waals surface area contributed by atoms with Crippen molar-refractivity contribution in [3.05, 3.63) is 34.9 Å². The van der Waals surface area contributed by atoms with Gasteiger partial charge in [0.1, 0.15) is 5.56 Å². The topological polar surface area (TPSA) is 93.2 Å². The Morgan fingerprint density at radius 3 is 2.55 bits per heavy atom. The van der Waals surface area contributed by atoms with Crippen LogP contribution in [0.4, 0.5) is 0 Å². The molecule has 2 rings (SSSR count). The minimum Gasteiger partial charge on any atom is -0.478 e. The predicted octanol–water partition coefficient (Wildman–Crippen LogP) is 0.915. The van der Waals surface area contributed by atoms with Crippen LogP contribution in [-0.4, -0.2) is 48.5 Å². The molecule has 0 aliphatic carbocycles. The van der Waals surface area contributed by atoms with Gasteiger partial charge in [0, 0.05) is 45.1 Å². The highest BCUT2D eigenvalue weighted by atomic mass is 16.4. The number of carbonyl (C=O) groups is 2. The van der Waals surface area contributed by atoms with E-state index in [4.69, 9.17) is 5.11 Å². The maximum absolute atomic E-state index is 12.4. The number of carboxylic acid groups (broad SMARTS) is 1. The number of carboxylic acids is 1. The zero-order valence-electron chi connectivity index (χ0n) is 13.1. The SMILES string of the molecule is CCn1cc(CN(C)C(=O)c2nn(C)cc2C(=O)O)c(C)n1. The molecule has 0 spiro atoms. The summed E-state index contributed by atoms with van der Waals surface area (Å²) in [6.45, 7) is 4.96. The van der Waals surface area contributed by atoms with Gasteiger partial charge < -0.3 is 10.0 Å². The van der Waals surface area contributed by atoms with E-state index >= 15 is 0 Å². The molecule has 22 heavy (non-hydrogen) atoms. The van der Waals surface area contributed by atoms with Crippen LogP contribution >= 0.6 is 0 Å². The Morgan fingerprint density at radius 2 is 2.00 bits per heavy atom. The van der Waals surface area contributed by atoms with E-state index in [1.807, 2.05) is 20.0 Å². The molecule has 0 saturated carbocycles. The first kappa shape index (κ1) is 15.7. The second-order valence-electron chi connectivity index (χ2n) is 5.13. The fourth-order valence-electron chi connectivity index (χ4n) is 2.19. The third-order valence-electron chi connectivity index (χ3n) is 3.39. The van der Waals surface area contributed by atoms with E-state index in [1.165, 1.54) is 15.8 Å². The maximum Gasteiger partial charge on any atom is 0.339 e. The Kier molecular flexibility index (Phi) is 4.30. The molecule has 0 saturated heterocycles. The molecule has 0 unspecified atom stereocenters. The molecular weight excluding hydrogens is 286 g/mol. The fourth-order valence-corrected chi connectivity index (χ4v) is 2.19. The van der Waals surface area contributed by atoms with Crippen molar-refractivity contribution in [2.45, 2.75) is 26.9 Å². The molecule has 1 amide bonds. The molecule has 0 aromatic carbocycles. The lowest BCUT2D eigenvalue weighted by Gasteiger charge is -2.15. The Bertz CT molecular complexity index is 716. The molecule has 2 aromatic heterocycles. The summed E-state index contributed by atoms with van der Waals surface area (Å²) in [5, 5.41) is 17.4. The van der Waals surface area contributed by atoms with Crippen LogP contribution in [-0.2, 0) is 20.1 Å². The highest BCUT2D eigenvalue weighted by Crippen LogP contribution is 2.13. The van der Waals surface area contributed by atoms with Gasteiger partial charge in [-0.3, -0.25) is 14.2 Å². The smallest absolute Gasteiger partial charge is 0.339 e. The number of rotatable bonds is 5. The summed E-state index contributed by atoms with van der Waals surface area (Å²) in [7, 11) is 3.20. The summed E-state index contributed by atoms with van der Waals surface area (Å²) in [5.41, 5.74) is 1.62. The average Bonchev–Trinajstić information content (AvgIpc) is 3.01. The molecular formula is C14H19N5O3. The van der Waals surface area contributed by atoms with Crippen molar-refractivity contribution in [1.82, 2.24) is 24.5 Å². The zero-order chi connectivity index (χ0) is 16.4.